The van der Waals surface area contributed by atoms with Crippen LogP contribution in [-0.4, -0.2) is 6.04 Å². The predicted molar refractivity (Wildman–Crippen MR) is 63.8 cm³/mol. The van der Waals surface area contributed by atoms with E-state index >= 15 is 0 Å². The van der Waals surface area contributed by atoms with Crippen LogP contribution >= 0.6 is 11.3 Å². The molecule has 0 spiro atoms. The molecule has 2 rings (SSSR count). The van der Waals surface area contributed by atoms with Crippen molar-refractivity contribution >= 4 is 21.4 Å². The molecule has 1 aromatic heterocycles. The fourth-order valence-corrected chi connectivity index (χ4v) is 2.49. The van der Waals surface area contributed by atoms with E-state index in [2.05, 4.69) is 25.2 Å². The lowest BCUT2D eigenvalue weighted by Crippen LogP contribution is -2.21. The van der Waals surface area contributed by atoms with E-state index in [4.69, 9.17) is 0 Å². The lowest BCUT2D eigenvalue weighted by atomic mass is 10.2. The number of hydrogen-bond acceptors (Lipinski definition) is 2. The number of thiophene rings is 1. The Balaban J connectivity index is 2.23. The van der Waals surface area contributed by atoms with Crippen LogP contribution in [0.25, 0.3) is 10.1 Å². The normalized spacial score (nSPS) is 11.5. The second-order valence-electron chi connectivity index (χ2n) is 3.93. The quantitative estimate of drug-likeness (QED) is 0.839. The highest BCUT2D eigenvalue weighted by atomic mass is 32.1. The Hall–Kier alpha value is -0.930. The van der Waals surface area contributed by atoms with Gasteiger partial charge in [-0.1, -0.05) is 19.9 Å². The number of benzene rings is 1. The zero-order valence-corrected chi connectivity index (χ0v) is 9.70. The standard InChI is InChI=1S/C12H14FNS/c1-8(2)14-7-11-5-9-3-4-10(13)6-12(9)15-11/h3-6,8,14H,7H2,1-2H3. The second-order valence-corrected chi connectivity index (χ2v) is 5.10. The van der Waals surface area contributed by atoms with Crippen molar-refractivity contribution < 1.29 is 4.39 Å². The zero-order chi connectivity index (χ0) is 10.8. The minimum absolute atomic E-state index is 0.160. The average molecular weight is 223 g/mol. The number of nitrogens with one attached hydrogen (secondary N) is 1. The summed E-state index contributed by atoms with van der Waals surface area (Å²) in [6.45, 7) is 5.10. The summed E-state index contributed by atoms with van der Waals surface area (Å²) in [6.07, 6.45) is 0. The summed E-state index contributed by atoms with van der Waals surface area (Å²) >= 11 is 1.65. The molecular formula is C12H14FNS. The van der Waals surface area contributed by atoms with Gasteiger partial charge >= 0.3 is 0 Å². The molecule has 0 aliphatic carbocycles. The number of fused-ring (bicyclic) bond motifs is 1. The number of hydrogen-bond donors (Lipinski definition) is 1. The Bertz CT molecular complexity index is 462. The van der Waals surface area contributed by atoms with Gasteiger partial charge in [0.05, 0.1) is 0 Å². The van der Waals surface area contributed by atoms with Crippen molar-refractivity contribution in [2.75, 3.05) is 0 Å². The van der Waals surface area contributed by atoms with Crippen molar-refractivity contribution in [1.82, 2.24) is 5.32 Å². The Morgan fingerprint density at radius 3 is 2.87 bits per heavy atom. The predicted octanol–water partition coefficient (Wildman–Crippen LogP) is 3.54. The van der Waals surface area contributed by atoms with E-state index in [-0.39, 0.29) is 5.82 Å². The van der Waals surface area contributed by atoms with Gasteiger partial charge in [-0.3, -0.25) is 0 Å². The fourth-order valence-electron chi connectivity index (χ4n) is 1.45. The molecule has 0 amide bonds. The van der Waals surface area contributed by atoms with Crippen LogP contribution in [0.2, 0.25) is 0 Å². The minimum atomic E-state index is -0.160. The molecule has 1 aromatic carbocycles. The summed E-state index contributed by atoms with van der Waals surface area (Å²) in [6, 6.07) is 7.54. The van der Waals surface area contributed by atoms with Crippen LogP contribution in [0.15, 0.2) is 24.3 Å². The first-order valence-electron chi connectivity index (χ1n) is 5.06. The summed E-state index contributed by atoms with van der Waals surface area (Å²) in [4.78, 5) is 1.25. The third-order valence-electron chi connectivity index (χ3n) is 2.22. The first kappa shape index (κ1) is 10.6. The van der Waals surface area contributed by atoms with Crippen molar-refractivity contribution in [3.8, 4) is 0 Å². The summed E-state index contributed by atoms with van der Waals surface area (Å²) in [5, 5.41) is 4.48. The zero-order valence-electron chi connectivity index (χ0n) is 8.88. The Morgan fingerprint density at radius 1 is 1.33 bits per heavy atom. The van der Waals surface area contributed by atoms with Gasteiger partial charge in [0.1, 0.15) is 5.82 Å². The lowest BCUT2D eigenvalue weighted by Gasteiger charge is -2.04. The highest BCUT2D eigenvalue weighted by Gasteiger charge is 2.03. The van der Waals surface area contributed by atoms with Gasteiger partial charge in [0.2, 0.25) is 0 Å². The monoisotopic (exact) mass is 223 g/mol. The molecular weight excluding hydrogens is 209 g/mol. The van der Waals surface area contributed by atoms with Crippen LogP contribution in [0, 0.1) is 5.82 Å². The van der Waals surface area contributed by atoms with Crippen molar-refractivity contribution in [3.63, 3.8) is 0 Å². The van der Waals surface area contributed by atoms with Gasteiger partial charge in [-0.15, -0.1) is 11.3 Å². The molecule has 0 fully saturated rings. The van der Waals surface area contributed by atoms with Gasteiger partial charge in [0.25, 0.3) is 0 Å². The molecule has 80 valence electrons. The van der Waals surface area contributed by atoms with Gasteiger partial charge in [0.15, 0.2) is 0 Å². The molecule has 0 aliphatic heterocycles. The molecule has 1 nitrogen and oxygen atoms in total. The molecule has 0 atom stereocenters. The van der Waals surface area contributed by atoms with Crippen LogP contribution in [0.5, 0.6) is 0 Å². The van der Waals surface area contributed by atoms with E-state index in [0.717, 1.165) is 16.6 Å². The van der Waals surface area contributed by atoms with Crippen LogP contribution in [-0.2, 0) is 6.54 Å². The Labute approximate surface area is 92.9 Å². The van der Waals surface area contributed by atoms with E-state index in [1.165, 1.54) is 10.9 Å². The molecule has 0 saturated carbocycles. The molecule has 0 unspecified atom stereocenters. The van der Waals surface area contributed by atoms with Gasteiger partial charge in [-0.05, 0) is 23.6 Å². The van der Waals surface area contributed by atoms with Crippen LogP contribution in [0.3, 0.4) is 0 Å². The van der Waals surface area contributed by atoms with Gasteiger partial charge in [-0.2, -0.15) is 0 Å². The molecule has 3 heteroatoms. The van der Waals surface area contributed by atoms with Crippen molar-refractivity contribution in [1.29, 1.82) is 0 Å². The van der Waals surface area contributed by atoms with Crippen molar-refractivity contribution in [2.45, 2.75) is 26.4 Å². The van der Waals surface area contributed by atoms with E-state index in [1.54, 1.807) is 17.4 Å². The summed E-state index contributed by atoms with van der Waals surface area (Å²) < 4.78 is 14.0. The Morgan fingerprint density at radius 2 is 2.13 bits per heavy atom. The minimum Gasteiger partial charge on any atom is -0.310 e. The molecule has 1 N–H and O–H groups in total. The molecule has 15 heavy (non-hydrogen) atoms. The highest BCUT2D eigenvalue weighted by Crippen LogP contribution is 2.26. The van der Waals surface area contributed by atoms with Crippen LogP contribution < -0.4 is 5.32 Å². The molecule has 2 aromatic rings. The van der Waals surface area contributed by atoms with Gasteiger partial charge in [0, 0.05) is 22.2 Å². The molecule has 0 radical (unpaired) electrons. The number of halogens is 1. The Kier molecular flexibility index (Phi) is 3.03. The summed E-state index contributed by atoms with van der Waals surface area (Å²) in [5.74, 6) is -0.160. The van der Waals surface area contributed by atoms with E-state index in [1.807, 2.05) is 6.07 Å². The summed E-state index contributed by atoms with van der Waals surface area (Å²) in [7, 11) is 0. The summed E-state index contributed by atoms with van der Waals surface area (Å²) in [5.41, 5.74) is 0. The van der Waals surface area contributed by atoms with Crippen molar-refractivity contribution in [2.24, 2.45) is 0 Å². The van der Waals surface area contributed by atoms with Crippen LogP contribution in [0.4, 0.5) is 4.39 Å². The van der Waals surface area contributed by atoms with Gasteiger partial charge in [-0.25, -0.2) is 4.39 Å². The molecule has 0 aliphatic rings. The molecule has 0 saturated heterocycles. The fraction of sp³-hybridized carbons (Fsp3) is 0.333. The van der Waals surface area contributed by atoms with E-state index < -0.39 is 0 Å². The SMILES string of the molecule is CC(C)NCc1cc2ccc(F)cc2s1. The first-order chi connectivity index (χ1) is 7.15. The number of rotatable bonds is 3. The maximum atomic E-state index is 13.0. The molecule has 1 heterocycles. The topological polar surface area (TPSA) is 12.0 Å². The largest absolute Gasteiger partial charge is 0.310 e. The third-order valence-corrected chi connectivity index (χ3v) is 3.32. The average Bonchev–Trinajstić information content (AvgIpc) is 2.56. The van der Waals surface area contributed by atoms with E-state index in [9.17, 15) is 4.39 Å². The van der Waals surface area contributed by atoms with Crippen molar-refractivity contribution in [3.05, 3.63) is 35.0 Å². The maximum absolute atomic E-state index is 13.0. The van der Waals surface area contributed by atoms with Crippen LogP contribution in [0.1, 0.15) is 18.7 Å². The van der Waals surface area contributed by atoms with Gasteiger partial charge < -0.3 is 5.32 Å². The third kappa shape index (κ3) is 2.55. The second kappa shape index (κ2) is 4.29. The highest BCUT2D eigenvalue weighted by molar-refractivity contribution is 7.19. The first-order valence-corrected chi connectivity index (χ1v) is 5.88. The van der Waals surface area contributed by atoms with E-state index in [0.29, 0.717) is 6.04 Å². The molecule has 0 bridgehead atoms. The smallest absolute Gasteiger partial charge is 0.124 e. The maximum Gasteiger partial charge on any atom is 0.124 e. The lowest BCUT2D eigenvalue weighted by molar-refractivity contribution is 0.593.